The van der Waals surface area contributed by atoms with Crippen LogP contribution in [0.15, 0.2) is 64.5 Å². The molecule has 0 bridgehead atoms. The first-order valence-corrected chi connectivity index (χ1v) is 6.91. The smallest absolute Gasteiger partial charge is 0.0864 e. The van der Waals surface area contributed by atoms with Crippen LogP contribution in [0.5, 0.6) is 0 Å². The van der Waals surface area contributed by atoms with Gasteiger partial charge in [0.25, 0.3) is 0 Å². The summed E-state index contributed by atoms with van der Waals surface area (Å²) >= 11 is 7.58. The molecule has 0 spiro atoms. The van der Waals surface area contributed by atoms with Crippen LogP contribution in [0.3, 0.4) is 0 Å². The van der Waals surface area contributed by atoms with Gasteiger partial charge in [-0.25, -0.2) is 0 Å². The maximum Gasteiger partial charge on any atom is 0.0864 e. The van der Waals surface area contributed by atoms with Crippen molar-refractivity contribution in [2.24, 2.45) is 0 Å². The summed E-state index contributed by atoms with van der Waals surface area (Å²) in [5.74, 6) is 0. The Morgan fingerprint density at radius 2 is 1.79 bits per heavy atom. The standard InChI is InChI=1S/C14H10ClN3S/c15-10-5-7-11(8-6-10)19-14-4-2-1-3-12(14)13-9-16-18-17-13/h1-9H,(H,16,17,18). The maximum atomic E-state index is 5.90. The molecule has 0 unspecified atom stereocenters. The number of nitrogens with one attached hydrogen (secondary N) is 1. The van der Waals surface area contributed by atoms with Gasteiger partial charge in [0.05, 0.1) is 11.9 Å². The fourth-order valence-corrected chi connectivity index (χ4v) is 2.82. The van der Waals surface area contributed by atoms with Gasteiger partial charge < -0.3 is 0 Å². The number of aromatic amines is 1. The van der Waals surface area contributed by atoms with Crippen molar-refractivity contribution in [1.82, 2.24) is 15.4 Å². The van der Waals surface area contributed by atoms with Crippen LogP contribution in [-0.2, 0) is 0 Å². The minimum absolute atomic E-state index is 0.746. The number of hydrogen-bond donors (Lipinski definition) is 1. The molecule has 0 atom stereocenters. The van der Waals surface area contributed by atoms with Crippen LogP contribution in [0, 0.1) is 0 Å². The number of halogens is 1. The molecule has 0 aliphatic rings. The van der Waals surface area contributed by atoms with Crippen LogP contribution >= 0.6 is 23.4 Å². The number of hydrogen-bond acceptors (Lipinski definition) is 3. The Morgan fingerprint density at radius 3 is 2.53 bits per heavy atom. The van der Waals surface area contributed by atoms with E-state index in [1.165, 1.54) is 0 Å². The molecule has 0 saturated carbocycles. The lowest BCUT2D eigenvalue weighted by Gasteiger charge is -2.07. The third-order valence-corrected chi connectivity index (χ3v) is 3.97. The summed E-state index contributed by atoms with van der Waals surface area (Å²) in [6, 6.07) is 16.0. The summed E-state index contributed by atoms with van der Waals surface area (Å²) in [4.78, 5) is 2.29. The summed E-state index contributed by atoms with van der Waals surface area (Å²) in [6.45, 7) is 0. The van der Waals surface area contributed by atoms with Gasteiger partial charge in [-0.15, -0.1) is 5.10 Å². The highest BCUT2D eigenvalue weighted by molar-refractivity contribution is 7.99. The first kappa shape index (κ1) is 12.3. The van der Waals surface area contributed by atoms with Crippen LogP contribution in [0.1, 0.15) is 0 Å². The Bertz CT molecular complexity index is 665. The van der Waals surface area contributed by atoms with Crippen LogP contribution in [-0.4, -0.2) is 15.4 Å². The highest BCUT2D eigenvalue weighted by Crippen LogP contribution is 2.35. The normalized spacial score (nSPS) is 10.6. The number of rotatable bonds is 3. The Morgan fingerprint density at radius 1 is 1.00 bits per heavy atom. The minimum Gasteiger partial charge on any atom is -0.258 e. The third-order valence-electron chi connectivity index (χ3n) is 2.63. The molecule has 1 heterocycles. The molecule has 0 fully saturated rings. The van der Waals surface area contributed by atoms with E-state index < -0.39 is 0 Å². The lowest BCUT2D eigenvalue weighted by molar-refractivity contribution is 0.941. The predicted octanol–water partition coefficient (Wildman–Crippen LogP) is 4.28. The lowest BCUT2D eigenvalue weighted by atomic mass is 10.2. The van der Waals surface area contributed by atoms with Gasteiger partial charge in [-0.1, -0.05) is 46.8 Å². The third kappa shape index (κ3) is 2.80. The van der Waals surface area contributed by atoms with Crippen LogP contribution < -0.4 is 0 Å². The van der Waals surface area contributed by atoms with E-state index >= 15 is 0 Å². The molecule has 3 rings (SSSR count). The van der Waals surface area contributed by atoms with Gasteiger partial charge in [-0.2, -0.15) is 0 Å². The number of nitrogens with zero attached hydrogens (tertiary/aromatic N) is 2. The molecule has 19 heavy (non-hydrogen) atoms. The van der Waals surface area contributed by atoms with Crippen molar-refractivity contribution >= 4 is 23.4 Å². The zero-order valence-corrected chi connectivity index (χ0v) is 11.4. The van der Waals surface area contributed by atoms with Gasteiger partial charge in [0.2, 0.25) is 0 Å². The van der Waals surface area contributed by atoms with Crippen LogP contribution in [0.25, 0.3) is 11.3 Å². The molecule has 94 valence electrons. The monoisotopic (exact) mass is 287 g/mol. The van der Waals surface area contributed by atoms with E-state index in [2.05, 4.69) is 21.5 Å². The molecule has 0 aliphatic heterocycles. The molecule has 0 aliphatic carbocycles. The Kier molecular flexibility index (Phi) is 3.53. The number of benzene rings is 2. The average molecular weight is 288 g/mol. The van der Waals surface area contributed by atoms with Crippen molar-refractivity contribution in [3.63, 3.8) is 0 Å². The topological polar surface area (TPSA) is 41.6 Å². The predicted molar refractivity (Wildman–Crippen MR) is 77.4 cm³/mol. The molecule has 1 aromatic heterocycles. The zero-order chi connectivity index (χ0) is 13.1. The highest BCUT2D eigenvalue weighted by Gasteiger charge is 2.07. The fourth-order valence-electron chi connectivity index (χ4n) is 1.74. The molecule has 3 nitrogen and oxygen atoms in total. The quantitative estimate of drug-likeness (QED) is 0.782. The fraction of sp³-hybridized carbons (Fsp3) is 0. The van der Waals surface area contributed by atoms with Crippen molar-refractivity contribution in [1.29, 1.82) is 0 Å². The van der Waals surface area contributed by atoms with E-state index in [4.69, 9.17) is 11.6 Å². The van der Waals surface area contributed by atoms with Gasteiger partial charge >= 0.3 is 0 Å². The average Bonchev–Trinajstić information content (AvgIpc) is 2.96. The second kappa shape index (κ2) is 5.47. The van der Waals surface area contributed by atoms with E-state index in [9.17, 15) is 0 Å². The summed E-state index contributed by atoms with van der Waals surface area (Å²) in [5, 5.41) is 11.2. The SMILES string of the molecule is Clc1ccc(Sc2ccccc2-c2cnn[nH]2)cc1. The lowest BCUT2D eigenvalue weighted by Crippen LogP contribution is -1.82. The first-order chi connectivity index (χ1) is 9.33. The van der Waals surface area contributed by atoms with E-state index in [-0.39, 0.29) is 0 Å². The Balaban J connectivity index is 1.95. The molecule has 0 amide bonds. The molecular formula is C14H10ClN3S. The Labute approximate surface area is 120 Å². The van der Waals surface area contributed by atoms with Gasteiger partial charge in [0, 0.05) is 20.4 Å². The van der Waals surface area contributed by atoms with Gasteiger partial charge in [-0.05, 0) is 30.3 Å². The molecule has 5 heteroatoms. The number of aromatic nitrogens is 3. The molecule has 1 N–H and O–H groups in total. The summed E-state index contributed by atoms with van der Waals surface area (Å²) in [5.41, 5.74) is 2.00. The van der Waals surface area contributed by atoms with E-state index in [1.54, 1.807) is 18.0 Å². The van der Waals surface area contributed by atoms with Crippen molar-refractivity contribution in [3.05, 3.63) is 59.8 Å². The first-order valence-electron chi connectivity index (χ1n) is 5.72. The molecule has 3 aromatic rings. The van der Waals surface area contributed by atoms with Crippen molar-refractivity contribution < 1.29 is 0 Å². The largest absolute Gasteiger partial charge is 0.258 e. The van der Waals surface area contributed by atoms with E-state index in [1.807, 2.05) is 42.5 Å². The van der Waals surface area contributed by atoms with Gasteiger partial charge in [0.15, 0.2) is 0 Å². The molecule has 0 saturated heterocycles. The van der Waals surface area contributed by atoms with Crippen LogP contribution in [0.4, 0.5) is 0 Å². The van der Waals surface area contributed by atoms with Crippen molar-refractivity contribution in [3.8, 4) is 11.3 Å². The highest BCUT2D eigenvalue weighted by atomic mass is 35.5. The van der Waals surface area contributed by atoms with Crippen molar-refractivity contribution in [2.75, 3.05) is 0 Å². The van der Waals surface area contributed by atoms with Gasteiger partial charge in [-0.3, -0.25) is 5.10 Å². The summed E-state index contributed by atoms with van der Waals surface area (Å²) in [7, 11) is 0. The summed E-state index contributed by atoms with van der Waals surface area (Å²) in [6.07, 6.45) is 1.72. The summed E-state index contributed by atoms with van der Waals surface area (Å²) < 4.78 is 0. The van der Waals surface area contributed by atoms with Crippen LogP contribution in [0.2, 0.25) is 5.02 Å². The second-order valence-electron chi connectivity index (χ2n) is 3.92. The number of H-pyrrole nitrogens is 1. The van der Waals surface area contributed by atoms with E-state index in [0.717, 1.165) is 26.1 Å². The minimum atomic E-state index is 0.746. The second-order valence-corrected chi connectivity index (χ2v) is 5.47. The molecule has 0 radical (unpaired) electrons. The zero-order valence-electron chi connectivity index (χ0n) is 9.88. The van der Waals surface area contributed by atoms with Crippen molar-refractivity contribution in [2.45, 2.75) is 9.79 Å². The van der Waals surface area contributed by atoms with Gasteiger partial charge in [0.1, 0.15) is 0 Å². The molecule has 2 aromatic carbocycles. The Hall–Kier alpha value is -1.78. The van der Waals surface area contributed by atoms with E-state index in [0.29, 0.717) is 0 Å². The molecular weight excluding hydrogens is 278 g/mol. The maximum absolute atomic E-state index is 5.90.